The fourth-order valence-electron chi connectivity index (χ4n) is 3.61. The molecule has 0 aliphatic carbocycles. The Labute approximate surface area is 185 Å². The number of rotatable bonds is 5. The zero-order valence-electron chi connectivity index (χ0n) is 16.2. The van der Waals surface area contributed by atoms with Crippen molar-refractivity contribution in [1.29, 1.82) is 0 Å². The van der Waals surface area contributed by atoms with Gasteiger partial charge in [0.05, 0.1) is 0 Å². The van der Waals surface area contributed by atoms with Gasteiger partial charge in [0, 0.05) is 0 Å². The van der Waals surface area contributed by atoms with Crippen molar-refractivity contribution < 1.29 is 7.87 Å². The molecular weight excluding hydrogens is 500 g/mol. The molecule has 3 nitrogen and oxygen atoms in total. The molecule has 4 aromatic rings. The van der Waals surface area contributed by atoms with Gasteiger partial charge in [0.2, 0.25) is 0 Å². The standard InChI is InChI=1S/C7H6ClNO2.3C6H5.Sn/c8-4-1-2-5(7(10)11)6(9)3-4;3*1-2-4-6-5-3-1;/h1-3H,9H2,(H,10,11);3*1-5H;/q;;;;+1/p-1. The summed E-state index contributed by atoms with van der Waals surface area (Å²) in [5.74, 6) is -0.434. The van der Waals surface area contributed by atoms with E-state index in [1.165, 1.54) is 0 Å². The Morgan fingerprint density at radius 3 is 1.53 bits per heavy atom. The fourth-order valence-corrected chi connectivity index (χ4v) is 14.4. The second-order valence-corrected chi connectivity index (χ2v) is 16.8. The van der Waals surface area contributed by atoms with E-state index in [2.05, 4.69) is 36.4 Å². The number of carbonyl (C=O) groups excluding carboxylic acids is 1. The second-order valence-electron chi connectivity index (χ2n) is 6.90. The number of nitrogens with two attached hydrogens (primary N) is 1. The molecule has 0 saturated heterocycles. The number of carbonyl (C=O) groups is 1. The molecule has 0 fully saturated rings. The van der Waals surface area contributed by atoms with E-state index in [0.29, 0.717) is 16.3 Å². The van der Waals surface area contributed by atoms with Crippen LogP contribution in [0.1, 0.15) is 10.4 Å². The average molecular weight is 521 g/mol. The molecule has 0 heterocycles. The van der Waals surface area contributed by atoms with Gasteiger partial charge in [-0.15, -0.1) is 0 Å². The number of hydrogen-bond acceptors (Lipinski definition) is 3. The number of benzene rings is 4. The third-order valence-electron chi connectivity index (χ3n) is 5.02. The first-order valence-corrected chi connectivity index (χ1v) is 15.4. The van der Waals surface area contributed by atoms with Gasteiger partial charge >= 0.3 is 186 Å². The van der Waals surface area contributed by atoms with Crippen molar-refractivity contribution in [2.75, 3.05) is 5.73 Å². The van der Waals surface area contributed by atoms with Gasteiger partial charge in [-0.3, -0.25) is 0 Å². The quantitative estimate of drug-likeness (QED) is 0.322. The summed E-state index contributed by atoms with van der Waals surface area (Å²) in [4.78, 5) is 13.4. The van der Waals surface area contributed by atoms with E-state index in [-0.39, 0.29) is 0 Å². The number of halogens is 1. The Kier molecular flexibility index (Phi) is 6.11. The van der Waals surface area contributed by atoms with E-state index < -0.39 is 24.8 Å². The first-order valence-electron chi connectivity index (χ1n) is 9.56. The predicted molar refractivity (Wildman–Crippen MR) is 125 cm³/mol. The maximum atomic E-state index is 13.4. The molecule has 0 bridgehead atoms. The topological polar surface area (TPSA) is 52.3 Å². The Balaban J connectivity index is 1.94. The number of hydrogen-bond donors (Lipinski definition) is 1. The van der Waals surface area contributed by atoms with E-state index in [9.17, 15) is 4.79 Å². The molecule has 0 aromatic heterocycles. The molecule has 0 radical (unpaired) electrons. The van der Waals surface area contributed by atoms with Crippen molar-refractivity contribution in [1.82, 2.24) is 0 Å². The summed E-state index contributed by atoms with van der Waals surface area (Å²) in [5.41, 5.74) is 6.73. The van der Waals surface area contributed by atoms with Gasteiger partial charge in [-0.1, -0.05) is 0 Å². The minimum atomic E-state index is -4.17. The Bertz CT molecular complexity index is 1050. The summed E-state index contributed by atoms with van der Waals surface area (Å²) in [6.07, 6.45) is 0. The first-order chi connectivity index (χ1) is 14.6. The van der Waals surface area contributed by atoms with Crippen molar-refractivity contribution in [3.63, 3.8) is 0 Å². The van der Waals surface area contributed by atoms with Gasteiger partial charge in [0.25, 0.3) is 0 Å². The van der Waals surface area contributed by atoms with Crippen LogP contribution in [-0.4, -0.2) is 24.8 Å². The third-order valence-corrected chi connectivity index (χ3v) is 16.5. The molecule has 0 unspecified atom stereocenters. The molecule has 0 amide bonds. The summed E-state index contributed by atoms with van der Waals surface area (Å²) in [6, 6.07) is 35.0. The van der Waals surface area contributed by atoms with Crippen molar-refractivity contribution in [3.8, 4) is 0 Å². The normalized spacial score (nSPS) is 11.1. The molecule has 0 aliphatic rings. The van der Waals surface area contributed by atoms with Crippen LogP contribution in [0.25, 0.3) is 0 Å². The van der Waals surface area contributed by atoms with Crippen LogP contribution in [0.5, 0.6) is 0 Å². The van der Waals surface area contributed by atoms with Gasteiger partial charge < -0.3 is 0 Å². The Hall–Kier alpha value is -2.76. The van der Waals surface area contributed by atoms with Crippen LogP contribution in [0, 0.1) is 0 Å². The van der Waals surface area contributed by atoms with Gasteiger partial charge in [-0.05, 0) is 0 Å². The zero-order valence-corrected chi connectivity index (χ0v) is 19.8. The van der Waals surface area contributed by atoms with Crippen LogP contribution in [0.4, 0.5) is 5.69 Å². The zero-order chi connectivity index (χ0) is 21.0. The van der Waals surface area contributed by atoms with Crippen molar-refractivity contribution >= 4 is 52.8 Å². The van der Waals surface area contributed by atoms with E-state index in [4.69, 9.17) is 20.4 Å². The van der Waals surface area contributed by atoms with Crippen molar-refractivity contribution in [2.24, 2.45) is 0 Å². The van der Waals surface area contributed by atoms with Gasteiger partial charge in [0.1, 0.15) is 0 Å². The van der Waals surface area contributed by atoms with Crippen LogP contribution < -0.4 is 16.5 Å². The molecule has 4 rings (SSSR count). The van der Waals surface area contributed by atoms with Crippen LogP contribution in [-0.2, 0) is 3.07 Å². The fraction of sp³-hybridized carbons (Fsp3) is 0. The van der Waals surface area contributed by atoms with Gasteiger partial charge in [0.15, 0.2) is 0 Å². The molecule has 2 N–H and O–H groups in total. The summed E-state index contributed by atoms with van der Waals surface area (Å²) < 4.78 is 9.69. The summed E-state index contributed by atoms with van der Waals surface area (Å²) in [5, 5.41) is 0.480. The van der Waals surface area contributed by atoms with E-state index in [0.717, 1.165) is 10.7 Å². The van der Waals surface area contributed by atoms with Crippen LogP contribution in [0.15, 0.2) is 109 Å². The minimum absolute atomic E-state index is 0.307. The Morgan fingerprint density at radius 1 is 0.700 bits per heavy atom. The maximum absolute atomic E-state index is 13.4. The van der Waals surface area contributed by atoms with Crippen molar-refractivity contribution in [3.05, 3.63) is 120 Å². The Morgan fingerprint density at radius 2 is 1.13 bits per heavy atom. The molecule has 4 aromatic carbocycles. The molecule has 5 heteroatoms. The molecule has 0 spiro atoms. The van der Waals surface area contributed by atoms with E-state index in [1.807, 2.05) is 54.6 Å². The first kappa shape index (κ1) is 20.5. The van der Waals surface area contributed by atoms with Gasteiger partial charge in [-0.25, -0.2) is 0 Å². The van der Waals surface area contributed by atoms with Crippen molar-refractivity contribution in [2.45, 2.75) is 0 Å². The van der Waals surface area contributed by atoms with E-state index in [1.54, 1.807) is 18.2 Å². The van der Waals surface area contributed by atoms with Crippen LogP contribution in [0.3, 0.4) is 0 Å². The van der Waals surface area contributed by atoms with E-state index >= 15 is 0 Å². The molecule has 148 valence electrons. The molecule has 0 saturated carbocycles. The summed E-state index contributed by atoms with van der Waals surface area (Å²) in [7, 11) is 0. The second kappa shape index (κ2) is 8.94. The summed E-state index contributed by atoms with van der Waals surface area (Å²) >= 11 is 1.86. The molecule has 0 aliphatic heterocycles. The van der Waals surface area contributed by atoms with Crippen LogP contribution >= 0.6 is 11.6 Å². The molecule has 30 heavy (non-hydrogen) atoms. The SMILES string of the molecule is Nc1cc(Cl)ccc1C(=O)[O][Sn]([c]1ccccc1)([c]1ccccc1)[c]1ccccc1. The summed E-state index contributed by atoms with van der Waals surface area (Å²) in [6.45, 7) is 0. The average Bonchev–Trinajstić information content (AvgIpc) is 2.79. The number of anilines is 1. The predicted octanol–water partition coefficient (Wildman–Crippen LogP) is 3.75. The van der Waals surface area contributed by atoms with Crippen LogP contribution in [0.2, 0.25) is 5.02 Å². The third kappa shape index (κ3) is 3.95. The molecular formula is C25H20ClNO2Sn. The molecule has 0 atom stereocenters. The monoisotopic (exact) mass is 521 g/mol. The van der Waals surface area contributed by atoms with Gasteiger partial charge in [-0.2, -0.15) is 0 Å². The number of nitrogen functional groups attached to an aromatic ring is 1.